The van der Waals surface area contributed by atoms with E-state index in [1.54, 1.807) is 18.3 Å². The molecule has 3 aromatic rings. The van der Waals surface area contributed by atoms with Crippen LogP contribution in [0, 0.1) is 0 Å². The highest BCUT2D eigenvalue weighted by atomic mass is 16.5. The Labute approximate surface area is 139 Å². The zero-order valence-electron chi connectivity index (χ0n) is 13.5. The van der Waals surface area contributed by atoms with Gasteiger partial charge in [0.15, 0.2) is 5.82 Å². The predicted molar refractivity (Wildman–Crippen MR) is 89.0 cm³/mol. The summed E-state index contributed by atoms with van der Waals surface area (Å²) in [6.07, 6.45) is 4.47. The zero-order valence-corrected chi connectivity index (χ0v) is 13.5. The van der Waals surface area contributed by atoms with Crippen molar-refractivity contribution in [1.29, 1.82) is 0 Å². The summed E-state index contributed by atoms with van der Waals surface area (Å²) in [7, 11) is 3.93. The minimum atomic E-state index is -0.408. The largest absolute Gasteiger partial charge is 0.457 e. The topological polar surface area (TPSA) is 73.1 Å². The van der Waals surface area contributed by atoms with Crippen molar-refractivity contribution in [2.24, 2.45) is 0 Å². The molecular weight excluding hydrogens is 306 g/mol. The summed E-state index contributed by atoms with van der Waals surface area (Å²) in [6, 6.07) is 11.1. The fourth-order valence-corrected chi connectivity index (χ4v) is 2.15. The number of nitrogens with zero attached hydrogens (tertiary/aromatic N) is 5. The second kappa shape index (κ2) is 6.91. The van der Waals surface area contributed by atoms with Gasteiger partial charge in [0, 0.05) is 26.0 Å². The number of esters is 1. The van der Waals surface area contributed by atoms with Crippen LogP contribution in [0.4, 0.5) is 5.69 Å². The average Bonchev–Trinajstić information content (AvgIpc) is 3.15. The molecule has 1 aromatic carbocycles. The van der Waals surface area contributed by atoms with Crippen LogP contribution >= 0.6 is 0 Å². The van der Waals surface area contributed by atoms with Gasteiger partial charge in [-0.1, -0.05) is 12.1 Å². The molecule has 0 fully saturated rings. The summed E-state index contributed by atoms with van der Waals surface area (Å²) in [5.74, 6) is 0.102. The Hall–Kier alpha value is -3.22. The molecule has 0 aliphatic carbocycles. The quantitative estimate of drug-likeness (QED) is 0.669. The highest BCUT2D eigenvalue weighted by Crippen LogP contribution is 2.15. The highest BCUT2D eigenvalue weighted by Gasteiger charge is 2.10. The molecule has 24 heavy (non-hydrogen) atoms. The third kappa shape index (κ3) is 3.57. The number of pyridine rings is 1. The lowest BCUT2D eigenvalue weighted by Gasteiger charge is -2.13. The number of rotatable bonds is 5. The number of carbonyl (C=O) groups is 1. The van der Waals surface area contributed by atoms with Crippen LogP contribution in [0.1, 0.15) is 15.9 Å². The molecule has 2 heterocycles. The smallest absolute Gasteiger partial charge is 0.338 e. The van der Waals surface area contributed by atoms with E-state index < -0.39 is 5.97 Å². The number of hydrogen-bond acceptors (Lipinski definition) is 6. The maximum absolute atomic E-state index is 12.3. The molecule has 0 aliphatic heterocycles. The van der Waals surface area contributed by atoms with Gasteiger partial charge >= 0.3 is 5.97 Å². The van der Waals surface area contributed by atoms with Crippen LogP contribution in [0.2, 0.25) is 0 Å². The van der Waals surface area contributed by atoms with Crippen molar-refractivity contribution in [3.05, 3.63) is 66.4 Å². The summed E-state index contributed by atoms with van der Waals surface area (Å²) in [4.78, 5) is 22.3. The average molecular weight is 323 g/mol. The van der Waals surface area contributed by atoms with Gasteiger partial charge in [-0.25, -0.2) is 19.4 Å². The van der Waals surface area contributed by atoms with E-state index >= 15 is 0 Å². The van der Waals surface area contributed by atoms with Gasteiger partial charge in [-0.15, -0.1) is 0 Å². The van der Waals surface area contributed by atoms with Crippen molar-refractivity contribution < 1.29 is 9.53 Å². The Morgan fingerprint density at radius 1 is 1.25 bits per heavy atom. The lowest BCUT2D eigenvalue weighted by atomic mass is 10.2. The normalized spacial score (nSPS) is 10.4. The first kappa shape index (κ1) is 15.7. The molecule has 0 radical (unpaired) electrons. The van der Waals surface area contributed by atoms with E-state index in [0.29, 0.717) is 11.4 Å². The maximum atomic E-state index is 12.3. The Kier molecular flexibility index (Phi) is 4.51. The molecule has 0 N–H and O–H groups in total. The molecule has 122 valence electrons. The maximum Gasteiger partial charge on any atom is 0.338 e. The van der Waals surface area contributed by atoms with Crippen LogP contribution in [0.5, 0.6) is 0 Å². The van der Waals surface area contributed by atoms with Gasteiger partial charge in [-0.2, -0.15) is 5.10 Å². The Morgan fingerprint density at radius 3 is 2.88 bits per heavy atom. The predicted octanol–water partition coefficient (Wildman–Crippen LogP) is 2.09. The van der Waals surface area contributed by atoms with E-state index in [9.17, 15) is 4.79 Å². The Balaban J connectivity index is 1.69. The van der Waals surface area contributed by atoms with Gasteiger partial charge in [0.25, 0.3) is 0 Å². The van der Waals surface area contributed by atoms with Gasteiger partial charge in [0.05, 0.1) is 5.56 Å². The first-order valence-corrected chi connectivity index (χ1v) is 7.38. The summed E-state index contributed by atoms with van der Waals surface area (Å²) >= 11 is 0. The molecule has 3 rings (SSSR count). The first-order chi connectivity index (χ1) is 11.6. The van der Waals surface area contributed by atoms with Crippen LogP contribution in [-0.4, -0.2) is 39.8 Å². The number of benzene rings is 1. The van der Waals surface area contributed by atoms with Crippen molar-refractivity contribution in [1.82, 2.24) is 19.7 Å². The van der Waals surface area contributed by atoms with E-state index in [1.807, 2.05) is 43.3 Å². The molecule has 0 bridgehead atoms. The van der Waals surface area contributed by atoms with Gasteiger partial charge in [-0.3, -0.25) is 0 Å². The summed E-state index contributed by atoms with van der Waals surface area (Å²) in [5, 5.41) is 3.99. The van der Waals surface area contributed by atoms with Gasteiger partial charge in [0.1, 0.15) is 19.3 Å². The van der Waals surface area contributed by atoms with Gasteiger partial charge < -0.3 is 9.64 Å². The molecule has 0 unspecified atom stereocenters. The zero-order chi connectivity index (χ0) is 16.9. The first-order valence-electron chi connectivity index (χ1n) is 7.38. The second-order valence-electron chi connectivity index (χ2n) is 5.38. The molecule has 0 saturated carbocycles. The van der Waals surface area contributed by atoms with Crippen LogP contribution < -0.4 is 4.90 Å². The minimum absolute atomic E-state index is 0.210. The molecule has 0 aliphatic rings. The Bertz CT molecular complexity index is 831. The minimum Gasteiger partial charge on any atom is -0.457 e. The van der Waals surface area contributed by atoms with E-state index in [-0.39, 0.29) is 6.61 Å². The van der Waals surface area contributed by atoms with E-state index in [0.717, 1.165) is 11.3 Å². The summed E-state index contributed by atoms with van der Waals surface area (Å²) in [6.45, 7) is 0.210. The van der Waals surface area contributed by atoms with Crippen LogP contribution in [0.25, 0.3) is 5.82 Å². The van der Waals surface area contributed by atoms with E-state index in [4.69, 9.17) is 4.74 Å². The van der Waals surface area contributed by atoms with Gasteiger partial charge in [0.2, 0.25) is 0 Å². The van der Waals surface area contributed by atoms with E-state index in [1.165, 1.54) is 17.3 Å². The van der Waals surface area contributed by atoms with Crippen LogP contribution in [-0.2, 0) is 11.3 Å². The fourth-order valence-electron chi connectivity index (χ4n) is 2.15. The lowest BCUT2D eigenvalue weighted by molar-refractivity contribution is 0.0472. The molecule has 0 amide bonds. The molecule has 0 saturated heterocycles. The summed E-state index contributed by atoms with van der Waals surface area (Å²) < 4.78 is 6.87. The highest BCUT2D eigenvalue weighted by molar-refractivity contribution is 5.89. The molecule has 2 aromatic heterocycles. The Morgan fingerprint density at radius 2 is 2.12 bits per heavy atom. The second-order valence-corrected chi connectivity index (χ2v) is 5.38. The van der Waals surface area contributed by atoms with E-state index in [2.05, 4.69) is 15.1 Å². The monoisotopic (exact) mass is 323 g/mol. The van der Waals surface area contributed by atoms with Crippen molar-refractivity contribution in [2.45, 2.75) is 6.61 Å². The number of hydrogen-bond donors (Lipinski definition) is 0. The number of aromatic nitrogens is 4. The number of anilines is 1. The van der Waals surface area contributed by atoms with Crippen molar-refractivity contribution >= 4 is 11.7 Å². The number of ether oxygens (including phenoxy) is 1. The molecule has 0 atom stereocenters. The third-order valence-corrected chi connectivity index (χ3v) is 3.43. The van der Waals surface area contributed by atoms with Crippen molar-refractivity contribution in [3.63, 3.8) is 0 Å². The number of carbonyl (C=O) groups excluding carboxylic acids is 1. The molecule has 7 nitrogen and oxygen atoms in total. The van der Waals surface area contributed by atoms with Crippen LogP contribution in [0.3, 0.4) is 0 Å². The SMILES string of the molecule is CN(C)c1cccc(COC(=O)c2ccnc(-n3cncn3)c2)c1. The van der Waals surface area contributed by atoms with Crippen molar-refractivity contribution in [3.8, 4) is 5.82 Å². The third-order valence-electron chi connectivity index (χ3n) is 3.43. The van der Waals surface area contributed by atoms with Crippen molar-refractivity contribution in [2.75, 3.05) is 19.0 Å². The standard InChI is InChI=1S/C17H17N5O2/c1-21(2)15-5-3-4-13(8-15)10-24-17(23)14-6-7-19-16(9-14)22-12-18-11-20-22/h3-9,11-12H,10H2,1-2H3. The molecular formula is C17H17N5O2. The molecule has 0 spiro atoms. The fraction of sp³-hybridized carbons (Fsp3) is 0.176. The molecule has 7 heteroatoms. The lowest BCUT2D eigenvalue weighted by Crippen LogP contribution is -2.10. The summed E-state index contributed by atoms with van der Waals surface area (Å²) in [5.41, 5.74) is 2.40. The van der Waals surface area contributed by atoms with Crippen LogP contribution in [0.15, 0.2) is 55.2 Å². The van der Waals surface area contributed by atoms with Gasteiger partial charge in [-0.05, 0) is 29.8 Å².